The van der Waals surface area contributed by atoms with Gasteiger partial charge in [-0.3, -0.25) is 0 Å². The van der Waals surface area contributed by atoms with Crippen LogP contribution in [0.1, 0.15) is 49.0 Å². The predicted octanol–water partition coefficient (Wildman–Crippen LogP) is 4.66. The zero-order valence-corrected chi connectivity index (χ0v) is 13.8. The van der Waals surface area contributed by atoms with Gasteiger partial charge in [0.05, 0.1) is 28.0 Å². The maximum Gasteiger partial charge on any atom is 0.128 e. The van der Waals surface area contributed by atoms with E-state index in [2.05, 4.69) is 16.9 Å². The number of fused-ring (bicyclic) bond motifs is 1. The SMILES string of the molecule is CSC1CCCC1n1c(C(C)Cl)nc2ccc(C#N)cc21. The molecule has 21 heavy (non-hydrogen) atoms. The van der Waals surface area contributed by atoms with Gasteiger partial charge in [0.1, 0.15) is 5.82 Å². The van der Waals surface area contributed by atoms with Crippen molar-refractivity contribution in [3.05, 3.63) is 29.6 Å². The molecule has 0 radical (unpaired) electrons. The minimum atomic E-state index is -0.133. The van der Waals surface area contributed by atoms with Gasteiger partial charge in [0, 0.05) is 11.3 Å². The first-order valence-electron chi connectivity index (χ1n) is 7.24. The fourth-order valence-electron chi connectivity index (χ4n) is 3.29. The fourth-order valence-corrected chi connectivity index (χ4v) is 4.42. The largest absolute Gasteiger partial charge is 0.322 e. The zero-order chi connectivity index (χ0) is 15.0. The molecule has 0 saturated heterocycles. The van der Waals surface area contributed by atoms with Gasteiger partial charge < -0.3 is 4.57 Å². The van der Waals surface area contributed by atoms with Crippen LogP contribution in [0.3, 0.4) is 0 Å². The Balaban J connectivity index is 2.22. The number of halogens is 1. The Morgan fingerprint density at radius 1 is 1.48 bits per heavy atom. The van der Waals surface area contributed by atoms with Gasteiger partial charge in [-0.05, 0) is 44.2 Å². The van der Waals surface area contributed by atoms with Crippen LogP contribution in [0.5, 0.6) is 0 Å². The molecule has 0 N–H and O–H groups in total. The average molecular weight is 320 g/mol. The van der Waals surface area contributed by atoms with Crippen molar-refractivity contribution in [3.8, 4) is 6.07 Å². The highest BCUT2D eigenvalue weighted by Crippen LogP contribution is 2.41. The first-order valence-corrected chi connectivity index (χ1v) is 8.97. The van der Waals surface area contributed by atoms with Crippen molar-refractivity contribution in [1.82, 2.24) is 9.55 Å². The number of nitriles is 1. The third-order valence-electron chi connectivity index (χ3n) is 4.25. The molecule has 1 aromatic heterocycles. The minimum absolute atomic E-state index is 0.133. The van der Waals surface area contributed by atoms with E-state index < -0.39 is 0 Å². The van der Waals surface area contributed by atoms with Crippen molar-refractivity contribution >= 4 is 34.4 Å². The first-order chi connectivity index (χ1) is 10.2. The number of thioether (sulfide) groups is 1. The lowest BCUT2D eigenvalue weighted by atomic mass is 10.2. The van der Waals surface area contributed by atoms with Crippen LogP contribution in [0.25, 0.3) is 11.0 Å². The Labute approximate surface area is 134 Å². The van der Waals surface area contributed by atoms with E-state index in [-0.39, 0.29) is 5.38 Å². The minimum Gasteiger partial charge on any atom is -0.322 e. The number of hydrogen-bond donors (Lipinski definition) is 0. The summed E-state index contributed by atoms with van der Waals surface area (Å²) in [4.78, 5) is 4.71. The number of alkyl halides is 1. The Morgan fingerprint density at radius 3 is 2.95 bits per heavy atom. The molecule has 1 saturated carbocycles. The highest BCUT2D eigenvalue weighted by atomic mass is 35.5. The van der Waals surface area contributed by atoms with Crippen LogP contribution in [0, 0.1) is 11.3 Å². The molecule has 0 aliphatic heterocycles. The molecule has 3 rings (SSSR count). The van der Waals surface area contributed by atoms with Gasteiger partial charge in [0.2, 0.25) is 0 Å². The molecule has 1 aliphatic carbocycles. The second-order valence-corrected chi connectivity index (χ2v) is 7.28. The molecular formula is C16H18ClN3S. The predicted molar refractivity (Wildman–Crippen MR) is 88.9 cm³/mol. The molecule has 0 amide bonds. The molecule has 110 valence electrons. The molecule has 3 atom stereocenters. The monoisotopic (exact) mass is 319 g/mol. The maximum atomic E-state index is 9.16. The topological polar surface area (TPSA) is 41.6 Å². The fraction of sp³-hybridized carbons (Fsp3) is 0.500. The number of imidazole rings is 1. The Hall–Kier alpha value is -1.18. The summed E-state index contributed by atoms with van der Waals surface area (Å²) in [6, 6.07) is 8.34. The third-order valence-corrected chi connectivity index (χ3v) is 5.60. The van der Waals surface area contributed by atoms with Gasteiger partial charge in [-0.1, -0.05) is 6.42 Å². The molecular weight excluding hydrogens is 302 g/mol. The number of rotatable bonds is 3. The molecule has 5 heteroatoms. The molecule has 2 aromatic rings. The maximum absolute atomic E-state index is 9.16. The van der Waals surface area contributed by atoms with Crippen LogP contribution in [0.2, 0.25) is 0 Å². The molecule has 1 heterocycles. The quantitative estimate of drug-likeness (QED) is 0.772. The van der Waals surface area contributed by atoms with Crippen molar-refractivity contribution in [1.29, 1.82) is 5.26 Å². The van der Waals surface area contributed by atoms with Gasteiger partial charge in [0.25, 0.3) is 0 Å². The van der Waals surface area contributed by atoms with Gasteiger partial charge in [-0.15, -0.1) is 11.6 Å². The first kappa shape index (κ1) is 14.7. The van der Waals surface area contributed by atoms with Gasteiger partial charge in [0.15, 0.2) is 0 Å². The van der Waals surface area contributed by atoms with E-state index in [0.29, 0.717) is 16.9 Å². The summed E-state index contributed by atoms with van der Waals surface area (Å²) < 4.78 is 2.29. The number of benzene rings is 1. The lowest BCUT2D eigenvalue weighted by Gasteiger charge is -2.23. The average Bonchev–Trinajstić information content (AvgIpc) is 3.09. The summed E-state index contributed by atoms with van der Waals surface area (Å²) in [5.74, 6) is 0.924. The Bertz CT molecular complexity index is 701. The van der Waals surface area contributed by atoms with Crippen LogP contribution in [0.4, 0.5) is 0 Å². The van der Waals surface area contributed by atoms with E-state index in [1.54, 1.807) is 0 Å². The van der Waals surface area contributed by atoms with Crippen molar-refractivity contribution in [2.45, 2.75) is 42.9 Å². The molecule has 1 aromatic carbocycles. The summed E-state index contributed by atoms with van der Waals surface area (Å²) in [6.45, 7) is 1.97. The van der Waals surface area contributed by atoms with Crippen molar-refractivity contribution in [3.63, 3.8) is 0 Å². The summed E-state index contributed by atoms with van der Waals surface area (Å²) >= 11 is 8.29. The summed E-state index contributed by atoms with van der Waals surface area (Å²) in [7, 11) is 0. The normalized spacial score (nSPS) is 23.3. The van der Waals surface area contributed by atoms with Gasteiger partial charge in [-0.25, -0.2) is 4.98 Å². The van der Waals surface area contributed by atoms with Crippen LogP contribution >= 0.6 is 23.4 Å². The standard InChI is InChI=1S/C16H18ClN3S/c1-10(17)16-19-12-7-6-11(9-18)8-14(12)20(16)13-4-3-5-15(13)21-2/h6-8,10,13,15H,3-5H2,1-2H3. The van der Waals surface area contributed by atoms with E-state index in [1.165, 1.54) is 12.8 Å². The third kappa shape index (κ3) is 2.54. The Morgan fingerprint density at radius 2 is 2.29 bits per heavy atom. The smallest absolute Gasteiger partial charge is 0.128 e. The molecule has 1 aliphatic rings. The summed E-state index contributed by atoms with van der Waals surface area (Å²) in [6.07, 6.45) is 5.81. The van der Waals surface area contributed by atoms with Gasteiger partial charge in [-0.2, -0.15) is 17.0 Å². The van der Waals surface area contributed by atoms with E-state index in [9.17, 15) is 0 Å². The highest BCUT2D eigenvalue weighted by molar-refractivity contribution is 7.99. The lowest BCUT2D eigenvalue weighted by Crippen LogP contribution is -2.18. The molecule has 3 unspecified atom stereocenters. The number of nitrogens with zero attached hydrogens (tertiary/aromatic N) is 3. The molecule has 1 fully saturated rings. The second kappa shape index (κ2) is 5.90. The van der Waals surface area contributed by atoms with Crippen LogP contribution in [0.15, 0.2) is 18.2 Å². The summed E-state index contributed by atoms with van der Waals surface area (Å²) in [5.41, 5.74) is 2.65. The van der Waals surface area contributed by atoms with E-state index in [1.807, 2.05) is 36.9 Å². The lowest BCUT2D eigenvalue weighted by molar-refractivity contribution is 0.520. The molecule has 0 bridgehead atoms. The van der Waals surface area contributed by atoms with E-state index in [0.717, 1.165) is 23.3 Å². The van der Waals surface area contributed by atoms with Crippen molar-refractivity contribution < 1.29 is 0 Å². The van der Waals surface area contributed by atoms with Crippen molar-refractivity contribution in [2.24, 2.45) is 0 Å². The Kier molecular flexibility index (Phi) is 4.14. The second-order valence-electron chi connectivity index (χ2n) is 5.54. The van der Waals surface area contributed by atoms with Gasteiger partial charge >= 0.3 is 0 Å². The van der Waals surface area contributed by atoms with Crippen LogP contribution < -0.4 is 0 Å². The van der Waals surface area contributed by atoms with Crippen LogP contribution in [-0.4, -0.2) is 21.1 Å². The van der Waals surface area contributed by atoms with E-state index >= 15 is 0 Å². The zero-order valence-electron chi connectivity index (χ0n) is 12.2. The highest BCUT2D eigenvalue weighted by Gasteiger charge is 2.31. The number of aromatic nitrogens is 2. The number of hydrogen-bond acceptors (Lipinski definition) is 3. The van der Waals surface area contributed by atoms with Crippen LogP contribution in [-0.2, 0) is 0 Å². The van der Waals surface area contributed by atoms with E-state index in [4.69, 9.17) is 21.8 Å². The molecule has 3 nitrogen and oxygen atoms in total. The molecule has 0 spiro atoms. The summed E-state index contributed by atoms with van der Waals surface area (Å²) in [5, 5.41) is 9.62. The van der Waals surface area contributed by atoms with Crippen molar-refractivity contribution in [2.75, 3.05) is 6.26 Å².